The van der Waals surface area contributed by atoms with Gasteiger partial charge in [-0.3, -0.25) is 19.3 Å². The number of carbonyl (C=O) groups excluding carboxylic acids is 1. The first-order valence-corrected chi connectivity index (χ1v) is 8.53. The largest absolute Gasteiger partial charge is 0.480 e. The second kappa shape index (κ2) is 7.92. The molecule has 132 valence electrons. The van der Waals surface area contributed by atoms with Crippen LogP contribution in [0.1, 0.15) is 36.4 Å². The number of rotatable bonds is 6. The highest BCUT2D eigenvalue weighted by atomic mass is 16.4. The number of carbonyl (C=O) groups is 2. The van der Waals surface area contributed by atoms with Crippen molar-refractivity contribution in [2.24, 2.45) is 0 Å². The van der Waals surface area contributed by atoms with Crippen LogP contribution in [0.4, 0.5) is 0 Å². The Balaban J connectivity index is 1.56. The summed E-state index contributed by atoms with van der Waals surface area (Å²) in [6, 6.07) is 5.72. The van der Waals surface area contributed by atoms with Gasteiger partial charge in [0.15, 0.2) is 0 Å². The first-order chi connectivity index (χ1) is 12.1. The SMILES string of the molecule is O=C(O)Cn1ccc([C@@H]2CCCN(C(=O)CCc3ccncc3)C2)n1. The quantitative estimate of drug-likeness (QED) is 0.863. The fourth-order valence-corrected chi connectivity index (χ4v) is 3.23. The first-order valence-electron chi connectivity index (χ1n) is 8.53. The van der Waals surface area contributed by atoms with Crippen molar-refractivity contribution in [2.75, 3.05) is 13.1 Å². The maximum Gasteiger partial charge on any atom is 0.325 e. The van der Waals surface area contributed by atoms with E-state index in [4.69, 9.17) is 5.11 Å². The lowest BCUT2D eigenvalue weighted by Gasteiger charge is -2.32. The summed E-state index contributed by atoms with van der Waals surface area (Å²) in [6.45, 7) is 1.29. The number of amides is 1. The summed E-state index contributed by atoms with van der Waals surface area (Å²) in [4.78, 5) is 29.2. The van der Waals surface area contributed by atoms with Gasteiger partial charge in [0.25, 0.3) is 0 Å². The van der Waals surface area contributed by atoms with Crippen LogP contribution in [0.3, 0.4) is 0 Å². The molecule has 0 aromatic carbocycles. The molecule has 1 atom stereocenters. The summed E-state index contributed by atoms with van der Waals surface area (Å²) in [5.74, 6) is -0.577. The number of piperidine rings is 1. The Kier molecular flexibility index (Phi) is 5.42. The number of carboxylic acids is 1. The molecule has 3 rings (SSSR count). The number of likely N-dealkylation sites (tertiary alicyclic amines) is 1. The van der Waals surface area contributed by atoms with Crippen LogP contribution in [0.25, 0.3) is 0 Å². The summed E-state index contributed by atoms with van der Waals surface area (Å²) in [7, 11) is 0. The Morgan fingerprint density at radius 1 is 1.24 bits per heavy atom. The van der Waals surface area contributed by atoms with Gasteiger partial charge < -0.3 is 10.0 Å². The van der Waals surface area contributed by atoms with Gasteiger partial charge in [0, 0.05) is 44.0 Å². The Morgan fingerprint density at radius 2 is 2.04 bits per heavy atom. The van der Waals surface area contributed by atoms with Crippen LogP contribution in [0.15, 0.2) is 36.8 Å². The van der Waals surface area contributed by atoms with Crippen molar-refractivity contribution in [3.63, 3.8) is 0 Å². The van der Waals surface area contributed by atoms with Crippen LogP contribution in [0.5, 0.6) is 0 Å². The highest BCUT2D eigenvalue weighted by Gasteiger charge is 2.26. The lowest BCUT2D eigenvalue weighted by atomic mass is 9.94. The molecule has 2 aromatic rings. The second-order valence-corrected chi connectivity index (χ2v) is 6.37. The Hall–Kier alpha value is -2.70. The Morgan fingerprint density at radius 3 is 2.80 bits per heavy atom. The van der Waals surface area contributed by atoms with Gasteiger partial charge in [0.05, 0.1) is 5.69 Å². The van der Waals surface area contributed by atoms with Crippen LogP contribution in [0, 0.1) is 0 Å². The maximum absolute atomic E-state index is 12.5. The van der Waals surface area contributed by atoms with Crippen molar-refractivity contribution in [2.45, 2.75) is 38.1 Å². The van der Waals surface area contributed by atoms with Crippen LogP contribution in [-0.2, 0) is 22.6 Å². The van der Waals surface area contributed by atoms with Crippen LogP contribution in [0.2, 0.25) is 0 Å². The molecule has 0 radical (unpaired) electrons. The van der Waals surface area contributed by atoms with E-state index in [9.17, 15) is 9.59 Å². The zero-order chi connectivity index (χ0) is 17.6. The van der Waals surface area contributed by atoms with Gasteiger partial charge in [-0.25, -0.2) is 0 Å². The summed E-state index contributed by atoms with van der Waals surface area (Å²) in [6.07, 6.45) is 8.29. The molecular weight excluding hydrogens is 320 g/mol. The van der Waals surface area contributed by atoms with E-state index >= 15 is 0 Å². The third-order valence-electron chi connectivity index (χ3n) is 4.53. The number of nitrogens with zero attached hydrogens (tertiary/aromatic N) is 4. The summed E-state index contributed by atoms with van der Waals surface area (Å²) >= 11 is 0. The summed E-state index contributed by atoms with van der Waals surface area (Å²) in [5.41, 5.74) is 1.98. The fraction of sp³-hybridized carbons (Fsp3) is 0.444. The molecule has 0 spiro atoms. The van der Waals surface area contributed by atoms with Crippen molar-refractivity contribution in [1.29, 1.82) is 0 Å². The number of pyridine rings is 1. The van der Waals surface area contributed by atoms with Gasteiger partial charge in [0.1, 0.15) is 6.54 Å². The van der Waals surface area contributed by atoms with Crippen LogP contribution in [-0.4, -0.2) is 49.7 Å². The first kappa shape index (κ1) is 17.1. The van der Waals surface area contributed by atoms with Gasteiger partial charge in [-0.1, -0.05) is 0 Å². The molecule has 25 heavy (non-hydrogen) atoms. The number of aliphatic carboxylic acids is 1. The van der Waals surface area contributed by atoms with E-state index in [0.717, 1.165) is 37.1 Å². The van der Waals surface area contributed by atoms with Crippen molar-refractivity contribution < 1.29 is 14.7 Å². The molecule has 0 bridgehead atoms. The maximum atomic E-state index is 12.5. The van der Waals surface area contributed by atoms with Crippen molar-refractivity contribution in [3.8, 4) is 0 Å². The van der Waals surface area contributed by atoms with Gasteiger partial charge >= 0.3 is 5.97 Å². The molecule has 1 N–H and O–H groups in total. The molecule has 2 aromatic heterocycles. The van der Waals surface area contributed by atoms with E-state index in [0.29, 0.717) is 13.0 Å². The van der Waals surface area contributed by atoms with Gasteiger partial charge in [-0.2, -0.15) is 5.10 Å². The minimum absolute atomic E-state index is 0.138. The van der Waals surface area contributed by atoms with Crippen molar-refractivity contribution >= 4 is 11.9 Å². The van der Waals surface area contributed by atoms with E-state index in [1.807, 2.05) is 23.1 Å². The zero-order valence-electron chi connectivity index (χ0n) is 14.0. The van der Waals surface area contributed by atoms with Gasteiger partial charge in [-0.05, 0) is 43.0 Å². The molecule has 1 aliphatic rings. The predicted molar refractivity (Wildman–Crippen MR) is 91.0 cm³/mol. The third kappa shape index (κ3) is 4.65. The minimum Gasteiger partial charge on any atom is -0.480 e. The lowest BCUT2D eigenvalue weighted by molar-refractivity contribution is -0.138. The van der Waals surface area contributed by atoms with Crippen molar-refractivity contribution in [3.05, 3.63) is 48.0 Å². The normalized spacial score (nSPS) is 17.4. The molecule has 1 saturated heterocycles. The number of aryl methyl sites for hydroxylation is 1. The standard InChI is InChI=1S/C18H22N4O3/c23-17(4-3-14-5-8-19-9-6-14)21-10-1-2-15(12-21)16-7-11-22(20-16)13-18(24)25/h5-9,11,15H,1-4,10,12-13H2,(H,24,25)/t15-/m1/s1. The average molecular weight is 342 g/mol. The number of hydrogen-bond acceptors (Lipinski definition) is 4. The number of aromatic nitrogens is 3. The molecule has 1 aliphatic heterocycles. The van der Waals surface area contributed by atoms with E-state index < -0.39 is 5.97 Å². The Labute approximate surface area is 146 Å². The third-order valence-corrected chi connectivity index (χ3v) is 4.53. The molecule has 1 amide bonds. The molecule has 7 heteroatoms. The number of carboxylic acid groups (broad SMARTS) is 1. The molecule has 1 fully saturated rings. The van der Waals surface area contributed by atoms with E-state index in [1.54, 1.807) is 18.6 Å². The van der Waals surface area contributed by atoms with E-state index in [2.05, 4.69) is 10.1 Å². The van der Waals surface area contributed by atoms with Gasteiger partial charge in [-0.15, -0.1) is 0 Å². The van der Waals surface area contributed by atoms with Crippen LogP contribution >= 0.6 is 0 Å². The summed E-state index contributed by atoms with van der Waals surface area (Å²) < 4.78 is 1.43. The fourth-order valence-electron chi connectivity index (χ4n) is 3.23. The monoisotopic (exact) mass is 342 g/mol. The van der Waals surface area contributed by atoms with Crippen LogP contribution < -0.4 is 0 Å². The zero-order valence-corrected chi connectivity index (χ0v) is 14.0. The van der Waals surface area contributed by atoms with E-state index in [1.165, 1.54) is 4.68 Å². The molecule has 0 aliphatic carbocycles. The topological polar surface area (TPSA) is 88.3 Å². The lowest BCUT2D eigenvalue weighted by Crippen LogP contribution is -2.39. The highest BCUT2D eigenvalue weighted by molar-refractivity contribution is 5.76. The minimum atomic E-state index is -0.911. The average Bonchev–Trinajstić information content (AvgIpc) is 3.08. The van der Waals surface area contributed by atoms with Gasteiger partial charge in [0.2, 0.25) is 5.91 Å². The molecule has 0 saturated carbocycles. The van der Waals surface area contributed by atoms with E-state index in [-0.39, 0.29) is 18.4 Å². The molecule has 7 nitrogen and oxygen atoms in total. The Bertz CT molecular complexity index is 729. The predicted octanol–water partition coefficient (Wildman–Crippen LogP) is 1.70. The molecular formula is C18H22N4O3. The smallest absolute Gasteiger partial charge is 0.325 e. The molecule has 0 unspecified atom stereocenters. The second-order valence-electron chi connectivity index (χ2n) is 6.37. The van der Waals surface area contributed by atoms with Crippen molar-refractivity contribution in [1.82, 2.24) is 19.7 Å². The molecule has 3 heterocycles. The summed E-state index contributed by atoms with van der Waals surface area (Å²) in [5, 5.41) is 13.2. The highest BCUT2D eigenvalue weighted by Crippen LogP contribution is 2.26. The number of hydrogen-bond donors (Lipinski definition) is 1.